The molecule has 0 radical (unpaired) electrons. The van der Waals surface area contributed by atoms with Gasteiger partial charge in [0.1, 0.15) is 5.82 Å². The van der Waals surface area contributed by atoms with E-state index in [0.29, 0.717) is 36.8 Å². The van der Waals surface area contributed by atoms with E-state index in [9.17, 15) is 14.4 Å². The van der Waals surface area contributed by atoms with Gasteiger partial charge in [-0.3, -0.25) is 14.4 Å². The summed E-state index contributed by atoms with van der Waals surface area (Å²) in [5, 5.41) is 0. The van der Waals surface area contributed by atoms with Crippen molar-refractivity contribution < 1.29 is 9.59 Å². The van der Waals surface area contributed by atoms with Gasteiger partial charge < -0.3 is 14.8 Å². The highest BCUT2D eigenvalue weighted by Gasteiger charge is 2.44. The van der Waals surface area contributed by atoms with Crippen LogP contribution in [0.3, 0.4) is 0 Å². The number of hydrogen-bond acceptors (Lipinski definition) is 4. The van der Waals surface area contributed by atoms with E-state index < -0.39 is 0 Å². The summed E-state index contributed by atoms with van der Waals surface area (Å²) >= 11 is 0. The Morgan fingerprint density at radius 1 is 1.23 bits per heavy atom. The third-order valence-corrected chi connectivity index (χ3v) is 6.06. The van der Waals surface area contributed by atoms with Crippen LogP contribution in [0, 0.1) is 11.8 Å². The summed E-state index contributed by atoms with van der Waals surface area (Å²) in [6, 6.07) is -0.132. The number of piperidine rings is 1. The van der Waals surface area contributed by atoms with E-state index in [1.54, 1.807) is 4.90 Å². The molecule has 1 N–H and O–H groups in total. The van der Waals surface area contributed by atoms with Gasteiger partial charge in [0.25, 0.3) is 5.56 Å². The molecule has 7 nitrogen and oxygen atoms in total. The zero-order valence-electron chi connectivity index (χ0n) is 15.5. The molecule has 1 saturated carbocycles. The van der Waals surface area contributed by atoms with Crippen LogP contribution < -0.4 is 5.56 Å². The van der Waals surface area contributed by atoms with Gasteiger partial charge >= 0.3 is 0 Å². The summed E-state index contributed by atoms with van der Waals surface area (Å²) in [6.07, 6.45) is 4.44. The molecule has 3 aliphatic rings. The van der Waals surface area contributed by atoms with Crippen molar-refractivity contribution in [3.05, 3.63) is 27.4 Å². The molecule has 0 aromatic carbocycles. The highest BCUT2D eigenvalue weighted by molar-refractivity contribution is 5.82. The molecule has 3 atom stereocenters. The molecule has 1 aromatic rings. The standard InChI is InChI=1S/C19H26N4O3/c1-11-9-13(11)19(26)23-7-4-3-5-16(23)17-20-15-6-8-22(12(2)24)10-14(15)18(25)21-17/h11,13,16H,3-10H2,1-2H3,(H,20,21,25)/t11-,13-,16-/m1/s1. The smallest absolute Gasteiger partial charge is 0.256 e. The summed E-state index contributed by atoms with van der Waals surface area (Å²) in [6.45, 7) is 5.28. The zero-order valence-corrected chi connectivity index (χ0v) is 15.5. The van der Waals surface area contributed by atoms with Gasteiger partial charge in [-0.05, 0) is 31.6 Å². The number of hydrogen-bond donors (Lipinski definition) is 1. The molecule has 3 heterocycles. The molecule has 2 amide bonds. The van der Waals surface area contributed by atoms with Crippen molar-refractivity contribution >= 4 is 11.8 Å². The Balaban J connectivity index is 1.62. The number of likely N-dealkylation sites (tertiary alicyclic amines) is 1. The number of fused-ring (bicyclic) bond motifs is 1. The molecule has 1 saturated heterocycles. The Hall–Kier alpha value is -2.18. The van der Waals surface area contributed by atoms with Crippen LogP contribution in [0.5, 0.6) is 0 Å². The van der Waals surface area contributed by atoms with Crippen molar-refractivity contribution in [3.8, 4) is 0 Å². The molecular formula is C19H26N4O3. The molecule has 1 aromatic heterocycles. The minimum atomic E-state index is -0.172. The minimum absolute atomic E-state index is 0.0262. The molecule has 1 aliphatic carbocycles. The quantitative estimate of drug-likeness (QED) is 0.865. The van der Waals surface area contributed by atoms with Gasteiger partial charge in [0, 0.05) is 32.4 Å². The Bertz CT molecular complexity index is 802. The van der Waals surface area contributed by atoms with E-state index in [1.807, 2.05) is 4.90 Å². The number of carbonyl (C=O) groups is 2. The predicted octanol–water partition coefficient (Wildman–Crippen LogP) is 1.38. The van der Waals surface area contributed by atoms with E-state index in [2.05, 4.69) is 11.9 Å². The molecule has 0 unspecified atom stereocenters. The maximum absolute atomic E-state index is 12.8. The van der Waals surface area contributed by atoms with Gasteiger partial charge in [-0.2, -0.15) is 0 Å². The Morgan fingerprint density at radius 2 is 2.00 bits per heavy atom. The van der Waals surface area contributed by atoms with Crippen LogP contribution in [0.15, 0.2) is 4.79 Å². The Kier molecular flexibility index (Phi) is 4.32. The van der Waals surface area contributed by atoms with Crippen molar-refractivity contribution in [1.29, 1.82) is 0 Å². The first-order valence-electron chi connectivity index (χ1n) is 9.63. The fourth-order valence-corrected chi connectivity index (χ4v) is 4.23. The third kappa shape index (κ3) is 3.04. The average Bonchev–Trinajstić information content (AvgIpc) is 3.37. The first-order chi connectivity index (χ1) is 12.5. The van der Waals surface area contributed by atoms with E-state index >= 15 is 0 Å². The molecular weight excluding hydrogens is 332 g/mol. The maximum atomic E-state index is 12.8. The van der Waals surface area contributed by atoms with E-state index in [4.69, 9.17) is 4.98 Å². The number of rotatable bonds is 2. The summed E-state index contributed by atoms with van der Waals surface area (Å²) < 4.78 is 0. The molecule has 2 fully saturated rings. The lowest BCUT2D eigenvalue weighted by Crippen LogP contribution is -2.42. The lowest BCUT2D eigenvalue weighted by molar-refractivity contribution is -0.137. The molecule has 0 bridgehead atoms. The lowest BCUT2D eigenvalue weighted by atomic mass is 9.99. The van der Waals surface area contributed by atoms with Crippen molar-refractivity contribution in [3.63, 3.8) is 0 Å². The van der Waals surface area contributed by atoms with Crippen LogP contribution in [-0.4, -0.2) is 44.7 Å². The first kappa shape index (κ1) is 17.2. The second-order valence-corrected chi connectivity index (χ2v) is 7.93. The largest absolute Gasteiger partial charge is 0.338 e. The van der Waals surface area contributed by atoms with E-state index in [-0.39, 0.29) is 29.3 Å². The van der Waals surface area contributed by atoms with Crippen LogP contribution in [0.1, 0.15) is 62.7 Å². The van der Waals surface area contributed by atoms with Crippen LogP contribution in [0.25, 0.3) is 0 Å². The number of carbonyl (C=O) groups excluding carboxylic acids is 2. The predicted molar refractivity (Wildman–Crippen MR) is 95.2 cm³/mol. The van der Waals surface area contributed by atoms with Gasteiger partial charge in [0.05, 0.1) is 23.8 Å². The number of amides is 2. The Labute approximate surface area is 152 Å². The average molecular weight is 358 g/mol. The van der Waals surface area contributed by atoms with Crippen LogP contribution in [0.4, 0.5) is 0 Å². The third-order valence-electron chi connectivity index (χ3n) is 6.06. The SMILES string of the molecule is CC(=O)N1CCc2nc([C@H]3CCCCN3C(=O)[C@@H]3C[C@H]3C)[nH]c(=O)c2C1. The molecule has 2 aliphatic heterocycles. The van der Waals surface area contributed by atoms with Crippen molar-refractivity contribution in [2.75, 3.05) is 13.1 Å². The fourth-order valence-electron chi connectivity index (χ4n) is 4.23. The minimum Gasteiger partial charge on any atom is -0.338 e. The van der Waals surface area contributed by atoms with Gasteiger partial charge in [-0.1, -0.05) is 6.92 Å². The molecule has 4 rings (SSSR count). The van der Waals surface area contributed by atoms with Crippen LogP contribution in [-0.2, 0) is 22.6 Å². The van der Waals surface area contributed by atoms with E-state index in [1.165, 1.54) is 6.92 Å². The second kappa shape index (κ2) is 6.52. The highest BCUT2D eigenvalue weighted by Crippen LogP contribution is 2.42. The van der Waals surface area contributed by atoms with Crippen molar-refractivity contribution in [1.82, 2.24) is 19.8 Å². The number of nitrogens with one attached hydrogen (secondary N) is 1. The van der Waals surface area contributed by atoms with Crippen molar-refractivity contribution in [2.45, 2.75) is 58.5 Å². The summed E-state index contributed by atoms with van der Waals surface area (Å²) in [4.78, 5) is 48.3. The van der Waals surface area contributed by atoms with Gasteiger partial charge in [-0.25, -0.2) is 4.98 Å². The molecule has 140 valence electrons. The van der Waals surface area contributed by atoms with E-state index in [0.717, 1.165) is 37.9 Å². The summed E-state index contributed by atoms with van der Waals surface area (Å²) in [5.74, 6) is 1.42. The molecule has 0 spiro atoms. The van der Waals surface area contributed by atoms with Gasteiger partial charge in [0.15, 0.2) is 0 Å². The number of aromatic nitrogens is 2. The normalized spacial score (nSPS) is 27.8. The van der Waals surface area contributed by atoms with Crippen molar-refractivity contribution in [2.24, 2.45) is 11.8 Å². The molecule has 7 heteroatoms. The summed E-state index contributed by atoms with van der Waals surface area (Å²) in [5.41, 5.74) is 1.19. The monoisotopic (exact) mass is 358 g/mol. The fraction of sp³-hybridized carbons (Fsp3) is 0.684. The van der Waals surface area contributed by atoms with Crippen LogP contribution in [0.2, 0.25) is 0 Å². The number of H-pyrrole nitrogens is 1. The van der Waals surface area contributed by atoms with Gasteiger partial charge in [0.2, 0.25) is 11.8 Å². The highest BCUT2D eigenvalue weighted by atomic mass is 16.2. The Morgan fingerprint density at radius 3 is 2.69 bits per heavy atom. The maximum Gasteiger partial charge on any atom is 0.256 e. The van der Waals surface area contributed by atoms with Crippen LogP contribution >= 0.6 is 0 Å². The molecule has 26 heavy (non-hydrogen) atoms. The topological polar surface area (TPSA) is 86.4 Å². The zero-order chi connectivity index (χ0) is 18.4. The number of aromatic amines is 1. The second-order valence-electron chi connectivity index (χ2n) is 7.93. The number of nitrogens with zero attached hydrogens (tertiary/aromatic N) is 3. The van der Waals surface area contributed by atoms with Gasteiger partial charge in [-0.15, -0.1) is 0 Å². The summed E-state index contributed by atoms with van der Waals surface area (Å²) in [7, 11) is 0. The lowest BCUT2D eigenvalue weighted by Gasteiger charge is -2.36. The first-order valence-corrected chi connectivity index (χ1v) is 9.63.